The van der Waals surface area contributed by atoms with Crippen LogP contribution in [0.15, 0.2) is 12.1 Å². The van der Waals surface area contributed by atoms with E-state index in [1.165, 1.54) is 17.9 Å². The van der Waals surface area contributed by atoms with Gasteiger partial charge in [-0.05, 0) is 30.7 Å². The van der Waals surface area contributed by atoms with E-state index in [2.05, 4.69) is 10.3 Å². The van der Waals surface area contributed by atoms with Gasteiger partial charge in [0.15, 0.2) is 0 Å². The second-order valence-electron chi connectivity index (χ2n) is 3.89. The van der Waals surface area contributed by atoms with Gasteiger partial charge in [-0.3, -0.25) is 0 Å². The Balaban J connectivity index is 2.17. The van der Waals surface area contributed by atoms with E-state index >= 15 is 0 Å². The summed E-state index contributed by atoms with van der Waals surface area (Å²) < 4.78 is 0. The normalized spacial score (nSPS) is 19.9. The average Bonchev–Trinajstić information content (AvgIpc) is 2.30. The standard InChI is InChI=1S/C11H13ClN2O2S/c12-9-4-3-8(11(15)16)10(14-9)13-7-2-1-5-17-6-7/h3-4,7H,1-2,5-6H2,(H,13,14)(H,15,16). The lowest BCUT2D eigenvalue weighted by Crippen LogP contribution is -2.27. The molecule has 0 bridgehead atoms. The molecule has 1 atom stereocenters. The molecule has 0 radical (unpaired) electrons. The van der Waals surface area contributed by atoms with Crippen LogP contribution in [0.2, 0.25) is 5.15 Å². The highest BCUT2D eigenvalue weighted by molar-refractivity contribution is 7.99. The topological polar surface area (TPSA) is 62.2 Å². The fourth-order valence-corrected chi connectivity index (χ4v) is 2.99. The van der Waals surface area contributed by atoms with Crippen molar-refractivity contribution in [1.82, 2.24) is 4.98 Å². The average molecular weight is 273 g/mol. The number of nitrogens with zero attached hydrogens (tertiary/aromatic N) is 1. The summed E-state index contributed by atoms with van der Waals surface area (Å²) in [5.41, 5.74) is 0.171. The van der Waals surface area contributed by atoms with Crippen molar-refractivity contribution in [1.29, 1.82) is 0 Å². The summed E-state index contributed by atoms with van der Waals surface area (Å²) in [4.78, 5) is 15.1. The zero-order valence-corrected chi connectivity index (χ0v) is 10.7. The molecule has 1 aromatic heterocycles. The molecule has 1 aromatic rings. The van der Waals surface area contributed by atoms with E-state index in [9.17, 15) is 4.79 Å². The lowest BCUT2D eigenvalue weighted by atomic mass is 10.1. The van der Waals surface area contributed by atoms with Gasteiger partial charge in [0.2, 0.25) is 0 Å². The van der Waals surface area contributed by atoms with Crippen molar-refractivity contribution in [2.45, 2.75) is 18.9 Å². The number of pyridine rings is 1. The predicted octanol–water partition coefficient (Wildman–Crippen LogP) is 2.74. The molecule has 1 aliphatic rings. The Hall–Kier alpha value is -0.940. The summed E-state index contributed by atoms with van der Waals surface area (Å²) in [6, 6.07) is 3.25. The Kier molecular flexibility index (Phi) is 4.12. The summed E-state index contributed by atoms with van der Waals surface area (Å²) in [5, 5.41) is 12.5. The van der Waals surface area contributed by atoms with E-state index in [1.807, 2.05) is 11.8 Å². The fraction of sp³-hybridized carbons (Fsp3) is 0.455. The van der Waals surface area contributed by atoms with Crippen LogP contribution in [0.5, 0.6) is 0 Å². The van der Waals surface area contributed by atoms with Crippen molar-refractivity contribution in [2.24, 2.45) is 0 Å². The molecule has 1 fully saturated rings. The molecule has 0 saturated carbocycles. The number of halogens is 1. The highest BCUT2D eigenvalue weighted by Crippen LogP contribution is 2.23. The first-order valence-corrected chi connectivity index (χ1v) is 6.94. The molecule has 1 aliphatic heterocycles. The molecule has 0 aliphatic carbocycles. The van der Waals surface area contributed by atoms with Gasteiger partial charge in [0, 0.05) is 11.8 Å². The summed E-state index contributed by atoms with van der Waals surface area (Å²) in [5.74, 6) is 1.54. The highest BCUT2D eigenvalue weighted by atomic mass is 35.5. The SMILES string of the molecule is O=C(O)c1ccc(Cl)nc1NC1CCCSC1. The zero-order valence-electron chi connectivity index (χ0n) is 9.15. The Morgan fingerprint density at radius 1 is 1.59 bits per heavy atom. The maximum atomic E-state index is 11.0. The molecule has 17 heavy (non-hydrogen) atoms. The molecule has 0 aromatic carbocycles. The molecule has 2 rings (SSSR count). The largest absolute Gasteiger partial charge is 0.478 e. The lowest BCUT2D eigenvalue weighted by Gasteiger charge is -2.23. The molecular weight excluding hydrogens is 260 g/mol. The van der Waals surface area contributed by atoms with Crippen LogP contribution in [0.1, 0.15) is 23.2 Å². The van der Waals surface area contributed by atoms with Gasteiger partial charge in [0.25, 0.3) is 0 Å². The van der Waals surface area contributed by atoms with Crippen LogP contribution in [0.4, 0.5) is 5.82 Å². The van der Waals surface area contributed by atoms with E-state index in [0.717, 1.165) is 18.6 Å². The number of rotatable bonds is 3. The van der Waals surface area contributed by atoms with Crippen LogP contribution in [-0.4, -0.2) is 33.6 Å². The van der Waals surface area contributed by atoms with Crippen LogP contribution in [0, 0.1) is 0 Å². The van der Waals surface area contributed by atoms with Crippen LogP contribution in [0.3, 0.4) is 0 Å². The first-order valence-electron chi connectivity index (χ1n) is 5.41. The van der Waals surface area contributed by atoms with Crippen molar-refractivity contribution in [3.63, 3.8) is 0 Å². The van der Waals surface area contributed by atoms with Gasteiger partial charge in [-0.15, -0.1) is 0 Å². The maximum Gasteiger partial charge on any atom is 0.339 e. The number of hydrogen-bond donors (Lipinski definition) is 2. The molecule has 4 nitrogen and oxygen atoms in total. The van der Waals surface area contributed by atoms with Crippen molar-refractivity contribution in [2.75, 3.05) is 16.8 Å². The molecule has 1 unspecified atom stereocenters. The summed E-state index contributed by atoms with van der Waals surface area (Å²) >= 11 is 7.66. The first kappa shape index (κ1) is 12.5. The fourth-order valence-electron chi connectivity index (χ4n) is 1.77. The number of nitrogens with one attached hydrogen (secondary N) is 1. The minimum absolute atomic E-state index is 0.171. The molecule has 0 spiro atoms. The first-order chi connectivity index (χ1) is 8.16. The minimum atomic E-state index is -0.986. The van der Waals surface area contributed by atoms with Crippen molar-refractivity contribution in [3.8, 4) is 0 Å². The van der Waals surface area contributed by atoms with E-state index < -0.39 is 5.97 Å². The summed E-state index contributed by atoms with van der Waals surface area (Å²) in [6.45, 7) is 0. The Labute approximate surface area is 109 Å². The molecule has 1 saturated heterocycles. The predicted molar refractivity (Wildman–Crippen MR) is 70.2 cm³/mol. The summed E-state index contributed by atoms with van der Waals surface area (Å²) in [7, 11) is 0. The third-order valence-electron chi connectivity index (χ3n) is 2.59. The molecule has 92 valence electrons. The van der Waals surface area contributed by atoms with Gasteiger partial charge in [0.05, 0.1) is 0 Å². The number of aromatic nitrogens is 1. The molecule has 6 heteroatoms. The Bertz CT molecular complexity index is 422. The summed E-state index contributed by atoms with van der Waals surface area (Å²) in [6.07, 6.45) is 2.19. The lowest BCUT2D eigenvalue weighted by molar-refractivity contribution is 0.0697. The van der Waals surface area contributed by atoms with Gasteiger partial charge in [0.1, 0.15) is 16.5 Å². The number of thioether (sulfide) groups is 1. The monoisotopic (exact) mass is 272 g/mol. The molecular formula is C11H13ClN2O2S. The van der Waals surface area contributed by atoms with Gasteiger partial charge in [-0.2, -0.15) is 11.8 Å². The smallest absolute Gasteiger partial charge is 0.339 e. The third kappa shape index (κ3) is 3.26. The van der Waals surface area contributed by atoms with Crippen molar-refractivity contribution in [3.05, 3.63) is 22.8 Å². The zero-order chi connectivity index (χ0) is 12.3. The maximum absolute atomic E-state index is 11.0. The highest BCUT2D eigenvalue weighted by Gasteiger charge is 2.18. The van der Waals surface area contributed by atoms with Crippen LogP contribution >= 0.6 is 23.4 Å². The number of hydrogen-bond acceptors (Lipinski definition) is 4. The van der Waals surface area contributed by atoms with Gasteiger partial charge >= 0.3 is 5.97 Å². The van der Waals surface area contributed by atoms with E-state index in [-0.39, 0.29) is 11.6 Å². The number of anilines is 1. The van der Waals surface area contributed by atoms with E-state index in [0.29, 0.717) is 11.0 Å². The van der Waals surface area contributed by atoms with Crippen LogP contribution in [-0.2, 0) is 0 Å². The van der Waals surface area contributed by atoms with Gasteiger partial charge in [-0.25, -0.2) is 9.78 Å². The number of carboxylic acids is 1. The van der Waals surface area contributed by atoms with Crippen molar-refractivity contribution >= 4 is 35.1 Å². The van der Waals surface area contributed by atoms with E-state index in [1.54, 1.807) is 0 Å². The van der Waals surface area contributed by atoms with Gasteiger partial charge in [-0.1, -0.05) is 11.6 Å². The molecule has 0 amide bonds. The van der Waals surface area contributed by atoms with E-state index in [4.69, 9.17) is 16.7 Å². The Morgan fingerprint density at radius 3 is 3.06 bits per heavy atom. The number of carbonyl (C=O) groups is 1. The second kappa shape index (κ2) is 5.60. The Morgan fingerprint density at radius 2 is 2.41 bits per heavy atom. The van der Waals surface area contributed by atoms with Crippen molar-refractivity contribution < 1.29 is 9.90 Å². The second-order valence-corrected chi connectivity index (χ2v) is 5.43. The third-order valence-corrected chi connectivity index (χ3v) is 4.02. The minimum Gasteiger partial charge on any atom is -0.478 e. The molecule has 2 heterocycles. The molecule has 2 N–H and O–H groups in total. The number of aromatic carboxylic acids is 1. The van der Waals surface area contributed by atoms with Gasteiger partial charge < -0.3 is 10.4 Å². The number of carboxylic acid groups (broad SMARTS) is 1. The van der Waals surface area contributed by atoms with Crippen LogP contribution in [0.25, 0.3) is 0 Å². The quantitative estimate of drug-likeness (QED) is 0.829. The van der Waals surface area contributed by atoms with Crippen LogP contribution < -0.4 is 5.32 Å².